The van der Waals surface area contributed by atoms with Gasteiger partial charge in [-0.15, -0.1) is 12.4 Å². The summed E-state index contributed by atoms with van der Waals surface area (Å²) < 4.78 is -0.0691. The number of amidine groups is 1. The Morgan fingerprint density at radius 2 is 1.77 bits per heavy atom. The van der Waals surface area contributed by atoms with Gasteiger partial charge in [0.05, 0.1) is 6.54 Å². The molecule has 7 nitrogen and oxygen atoms in total. The summed E-state index contributed by atoms with van der Waals surface area (Å²) in [5.74, 6) is -0.202. The van der Waals surface area contributed by atoms with E-state index in [1.54, 1.807) is 12.1 Å². The molecule has 2 amide bonds. The third kappa shape index (κ3) is 3.99. The third-order valence-corrected chi connectivity index (χ3v) is 7.83. The SMILES string of the molecule is Cl.N=C(N)c1ccc(C[N+]2(C(=O)[C@H](O)CC3CCCCC3)CC[C@@H]3C[C@@]32C(N)=O)cc1. The number of hydrogen-bond acceptors (Lipinski definition) is 4. The maximum atomic E-state index is 13.7. The van der Waals surface area contributed by atoms with Crippen LogP contribution in [0.5, 0.6) is 0 Å². The first-order chi connectivity index (χ1) is 14.3. The van der Waals surface area contributed by atoms with Gasteiger partial charge < -0.3 is 16.6 Å². The Labute approximate surface area is 189 Å². The fourth-order valence-corrected chi connectivity index (χ4v) is 6.10. The van der Waals surface area contributed by atoms with E-state index in [2.05, 4.69) is 0 Å². The average Bonchev–Trinajstić information content (AvgIpc) is 3.40. The summed E-state index contributed by atoms with van der Waals surface area (Å²) in [5, 5.41) is 18.5. The van der Waals surface area contributed by atoms with Gasteiger partial charge in [0.15, 0.2) is 11.6 Å². The lowest BCUT2D eigenvalue weighted by molar-refractivity contribution is -0.886. The highest BCUT2D eigenvalue weighted by molar-refractivity contribution is 5.95. The number of primary amides is 1. The number of carbonyl (C=O) groups excluding carboxylic acids is 2. The van der Waals surface area contributed by atoms with Gasteiger partial charge in [0.25, 0.3) is 5.91 Å². The molecule has 4 atom stereocenters. The Morgan fingerprint density at radius 3 is 2.32 bits per heavy atom. The van der Waals surface area contributed by atoms with Crippen molar-refractivity contribution in [2.75, 3.05) is 6.54 Å². The van der Waals surface area contributed by atoms with Gasteiger partial charge in [-0.2, -0.15) is 0 Å². The Kier molecular flexibility index (Phi) is 6.79. The fourth-order valence-electron chi connectivity index (χ4n) is 6.10. The van der Waals surface area contributed by atoms with Crippen molar-refractivity contribution in [2.45, 2.75) is 69.6 Å². The van der Waals surface area contributed by atoms with Crippen LogP contribution in [0.15, 0.2) is 24.3 Å². The Morgan fingerprint density at radius 1 is 1.13 bits per heavy atom. The molecule has 4 rings (SSSR count). The van der Waals surface area contributed by atoms with Crippen LogP contribution in [-0.2, 0) is 16.1 Å². The molecule has 1 aromatic carbocycles. The van der Waals surface area contributed by atoms with E-state index >= 15 is 0 Å². The monoisotopic (exact) mass is 449 g/mol. The van der Waals surface area contributed by atoms with Gasteiger partial charge >= 0.3 is 5.91 Å². The van der Waals surface area contributed by atoms with Crippen LogP contribution in [0.3, 0.4) is 0 Å². The first-order valence-electron chi connectivity index (χ1n) is 11.1. The highest BCUT2D eigenvalue weighted by atomic mass is 35.5. The molecular formula is C23H34ClN4O3+. The van der Waals surface area contributed by atoms with Crippen molar-refractivity contribution >= 4 is 30.1 Å². The summed E-state index contributed by atoms with van der Waals surface area (Å²) in [7, 11) is 0. The molecule has 0 bridgehead atoms. The van der Waals surface area contributed by atoms with Crippen molar-refractivity contribution in [3.63, 3.8) is 0 Å². The van der Waals surface area contributed by atoms with Gasteiger partial charge in [-0.25, -0.2) is 9.28 Å². The zero-order valence-corrected chi connectivity index (χ0v) is 18.7. The van der Waals surface area contributed by atoms with Gasteiger partial charge in [-0.1, -0.05) is 56.4 Å². The van der Waals surface area contributed by atoms with Crippen LogP contribution >= 0.6 is 12.4 Å². The molecule has 170 valence electrons. The van der Waals surface area contributed by atoms with Crippen LogP contribution in [-0.4, -0.2) is 45.4 Å². The molecule has 1 unspecified atom stereocenters. The van der Waals surface area contributed by atoms with Crippen molar-refractivity contribution in [1.29, 1.82) is 5.41 Å². The van der Waals surface area contributed by atoms with Gasteiger partial charge in [0.1, 0.15) is 12.4 Å². The molecule has 1 aliphatic heterocycles. The van der Waals surface area contributed by atoms with E-state index in [4.69, 9.17) is 16.9 Å². The predicted molar refractivity (Wildman–Crippen MR) is 120 cm³/mol. The van der Waals surface area contributed by atoms with Crippen LogP contribution in [0.2, 0.25) is 0 Å². The second-order valence-corrected chi connectivity index (χ2v) is 9.53. The molecule has 0 radical (unpaired) electrons. The number of aliphatic hydroxyl groups is 1. The van der Waals surface area contributed by atoms with E-state index < -0.39 is 17.6 Å². The van der Waals surface area contributed by atoms with Gasteiger partial charge in [-0.3, -0.25) is 10.2 Å². The first kappa shape index (κ1) is 23.7. The highest BCUT2D eigenvalue weighted by Gasteiger charge is 2.79. The molecule has 31 heavy (non-hydrogen) atoms. The minimum atomic E-state index is -1.07. The lowest BCUT2D eigenvalue weighted by atomic mass is 9.85. The minimum Gasteiger partial charge on any atom is -0.384 e. The number of quaternary nitrogens is 1. The molecule has 0 spiro atoms. The van der Waals surface area contributed by atoms with E-state index in [1.807, 2.05) is 12.1 Å². The number of fused-ring (bicyclic) bond motifs is 1. The van der Waals surface area contributed by atoms with E-state index in [0.29, 0.717) is 37.4 Å². The van der Waals surface area contributed by atoms with E-state index in [9.17, 15) is 14.7 Å². The number of aliphatic hydroxyl groups excluding tert-OH is 1. The molecule has 2 aliphatic carbocycles. The molecule has 1 saturated heterocycles. The topological polar surface area (TPSA) is 130 Å². The number of benzene rings is 1. The van der Waals surface area contributed by atoms with Crippen molar-refractivity contribution in [3.8, 4) is 0 Å². The summed E-state index contributed by atoms with van der Waals surface area (Å²) in [4.78, 5) is 26.3. The maximum Gasteiger partial charge on any atom is 0.343 e. The minimum absolute atomic E-state index is 0. The number of nitrogens with zero attached hydrogens (tertiary/aromatic N) is 1. The predicted octanol–water partition coefficient (Wildman–Crippen LogP) is 2.21. The van der Waals surface area contributed by atoms with Crippen molar-refractivity contribution < 1.29 is 19.2 Å². The number of piperidine rings is 1. The smallest absolute Gasteiger partial charge is 0.343 e. The first-order valence-corrected chi connectivity index (χ1v) is 11.1. The van der Waals surface area contributed by atoms with Crippen molar-refractivity contribution in [2.24, 2.45) is 23.3 Å². The lowest BCUT2D eigenvalue weighted by Gasteiger charge is -2.40. The number of nitrogen functional groups attached to an aromatic ring is 1. The van der Waals surface area contributed by atoms with Crippen molar-refractivity contribution in [1.82, 2.24) is 0 Å². The Bertz CT molecular complexity index is 855. The normalized spacial score (nSPS) is 30.7. The van der Waals surface area contributed by atoms with Gasteiger partial charge in [0.2, 0.25) is 0 Å². The lowest BCUT2D eigenvalue weighted by Crippen LogP contribution is -2.66. The number of carbonyl (C=O) groups is 2. The fraction of sp³-hybridized carbons (Fsp3) is 0.609. The molecule has 3 aliphatic rings. The number of rotatable bonds is 7. The zero-order valence-electron chi connectivity index (χ0n) is 17.9. The van der Waals surface area contributed by atoms with E-state index in [0.717, 1.165) is 37.7 Å². The molecule has 8 heteroatoms. The summed E-state index contributed by atoms with van der Waals surface area (Å²) >= 11 is 0. The second kappa shape index (κ2) is 8.88. The van der Waals surface area contributed by atoms with Crippen LogP contribution in [0.1, 0.15) is 62.5 Å². The quantitative estimate of drug-likeness (QED) is 0.289. The number of halogens is 1. The summed E-state index contributed by atoms with van der Waals surface area (Å²) in [6, 6.07) is 7.22. The number of nitrogens with one attached hydrogen (secondary N) is 1. The third-order valence-electron chi connectivity index (χ3n) is 7.83. The largest absolute Gasteiger partial charge is 0.384 e. The average molecular weight is 450 g/mol. The zero-order chi connectivity index (χ0) is 21.5. The summed E-state index contributed by atoms with van der Waals surface area (Å²) in [5.41, 5.74) is 12.0. The number of amides is 2. The second-order valence-electron chi connectivity index (χ2n) is 9.53. The summed E-state index contributed by atoms with van der Waals surface area (Å²) in [6.07, 6.45) is 6.45. The molecule has 1 aromatic rings. The van der Waals surface area contributed by atoms with E-state index in [1.165, 1.54) is 6.42 Å². The molecular weight excluding hydrogens is 416 g/mol. The van der Waals surface area contributed by atoms with Gasteiger partial charge in [0, 0.05) is 29.9 Å². The number of likely N-dealkylation sites (tertiary alicyclic amines) is 1. The molecule has 6 N–H and O–H groups in total. The maximum absolute atomic E-state index is 13.7. The van der Waals surface area contributed by atoms with Crippen LogP contribution in [0.25, 0.3) is 0 Å². The van der Waals surface area contributed by atoms with Crippen LogP contribution in [0, 0.1) is 17.2 Å². The summed E-state index contributed by atoms with van der Waals surface area (Å²) in [6.45, 7) is 0.862. The standard InChI is InChI=1S/C23H32N4O3.ClH/c24-20(25)17-8-6-16(7-9-17)14-27(11-10-18-13-23(18,27)22(26)30)21(29)19(28)12-15-4-2-1-3-5-15;/h6-9,15,18-19,28H,1-5,10-14H2,(H4-,24,25,26,30);1H/p+1/t18-,19-,23+,27?;/m1./s1. The number of hydrogen-bond donors (Lipinski definition) is 4. The van der Waals surface area contributed by atoms with Crippen molar-refractivity contribution in [3.05, 3.63) is 35.4 Å². The Balaban J connectivity index is 0.00000272. The van der Waals surface area contributed by atoms with Crippen LogP contribution < -0.4 is 11.5 Å². The van der Waals surface area contributed by atoms with E-state index in [-0.39, 0.29) is 34.6 Å². The highest BCUT2D eigenvalue weighted by Crippen LogP contribution is 2.61. The molecule has 1 heterocycles. The molecule has 0 aromatic heterocycles. The Hall–Kier alpha value is -1.96. The van der Waals surface area contributed by atoms with Crippen LogP contribution in [0.4, 0.5) is 0 Å². The van der Waals surface area contributed by atoms with Gasteiger partial charge in [-0.05, 0) is 12.3 Å². The molecule has 2 saturated carbocycles. The molecule has 3 fully saturated rings. The number of nitrogens with two attached hydrogens (primary N) is 2.